The number of nitrogens with one attached hydrogen (secondary N) is 1. The van der Waals surface area contributed by atoms with E-state index in [4.69, 9.17) is 16.3 Å². The van der Waals surface area contributed by atoms with Crippen molar-refractivity contribution in [2.24, 2.45) is 0 Å². The molecule has 1 heterocycles. The molecule has 0 aliphatic carbocycles. The van der Waals surface area contributed by atoms with E-state index in [-0.39, 0.29) is 0 Å². The van der Waals surface area contributed by atoms with Gasteiger partial charge in [-0.2, -0.15) is 0 Å². The summed E-state index contributed by atoms with van der Waals surface area (Å²) in [7, 11) is 1.62. The molecule has 0 aliphatic heterocycles. The highest BCUT2D eigenvalue weighted by Crippen LogP contribution is 2.31. The Kier molecular flexibility index (Phi) is 5.09. The van der Waals surface area contributed by atoms with Crippen LogP contribution in [0.5, 0.6) is 5.75 Å². The number of aromatic amines is 1. The second-order valence-electron chi connectivity index (χ2n) is 4.40. The Morgan fingerprint density at radius 2 is 2.25 bits per heavy atom. The molecule has 20 heavy (non-hydrogen) atoms. The lowest BCUT2D eigenvalue weighted by molar-refractivity contribution is 0.416. The lowest BCUT2D eigenvalue weighted by Crippen LogP contribution is -1.89. The smallest absolute Gasteiger partial charge is 0.209 e. The van der Waals surface area contributed by atoms with Crippen LogP contribution >= 0.6 is 23.4 Å². The van der Waals surface area contributed by atoms with Gasteiger partial charge in [0.05, 0.1) is 12.7 Å². The minimum absolute atomic E-state index is 0.635. The van der Waals surface area contributed by atoms with Crippen molar-refractivity contribution in [3.63, 3.8) is 0 Å². The van der Waals surface area contributed by atoms with Crippen LogP contribution in [0.1, 0.15) is 13.8 Å². The normalized spacial score (nSPS) is 10.4. The number of hydrogen-bond acceptors (Lipinski definition) is 4. The van der Waals surface area contributed by atoms with Crippen LogP contribution in [0.25, 0.3) is 11.4 Å². The molecule has 1 N–H and O–H groups in total. The summed E-state index contributed by atoms with van der Waals surface area (Å²) in [6.45, 7) is 4.14. The van der Waals surface area contributed by atoms with Gasteiger partial charge in [-0.1, -0.05) is 35.0 Å². The Morgan fingerprint density at radius 1 is 1.45 bits per heavy atom. The molecule has 106 valence electrons. The standard InChI is InChI=1S/C14H16ClN3OS/c1-9(2)6-7-20-14-16-13(17-18-14)11-8-10(15)4-5-12(11)19-3/h4-6,8H,7H2,1-3H3,(H,16,17,18). The van der Waals surface area contributed by atoms with E-state index in [2.05, 4.69) is 35.1 Å². The van der Waals surface area contributed by atoms with Crippen molar-refractivity contribution in [3.05, 3.63) is 34.9 Å². The maximum absolute atomic E-state index is 6.02. The number of thioether (sulfide) groups is 1. The first-order valence-corrected chi connectivity index (χ1v) is 7.49. The van der Waals surface area contributed by atoms with Crippen LogP contribution < -0.4 is 4.74 Å². The van der Waals surface area contributed by atoms with Crippen LogP contribution in [0.15, 0.2) is 35.0 Å². The molecule has 0 saturated heterocycles. The molecule has 0 atom stereocenters. The molecule has 4 nitrogen and oxygen atoms in total. The highest BCUT2D eigenvalue weighted by Gasteiger charge is 2.11. The van der Waals surface area contributed by atoms with Crippen molar-refractivity contribution < 1.29 is 4.74 Å². The summed E-state index contributed by atoms with van der Waals surface area (Å²) >= 11 is 7.60. The van der Waals surface area contributed by atoms with Crippen molar-refractivity contribution in [3.8, 4) is 17.1 Å². The largest absolute Gasteiger partial charge is 0.496 e. The van der Waals surface area contributed by atoms with Gasteiger partial charge in [-0.25, -0.2) is 4.98 Å². The third kappa shape index (κ3) is 3.77. The van der Waals surface area contributed by atoms with Crippen LogP contribution in [0, 0.1) is 0 Å². The zero-order chi connectivity index (χ0) is 14.5. The average molecular weight is 310 g/mol. The van der Waals surface area contributed by atoms with E-state index in [1.807, 2.05) is 12.1 Å². The van der Waals surface area contributed by atoms with Crippen molar-refractivity contribution >= 4 is 23.4 Å². The first-order chi connectivity index (χ1) is 9.60. The van der Waals surface area contributed by atoms with Crippen molar-refractivity contribution in [2.45, 2.75) is 19.0 Å². The van der Waals surface area contributed by atoms with Gasteiger partial charge in [0.1, 0.15) is 5.75 Å². The first-order valence-electron chi connectivity index (χ1n) is 6.12. The Balaban J connectivity index is 2.20. The number of benzene rings is 1. The molecular weight excluding hydrogens is 294 g/mol. The topological polar surface area (TPSA) is 50.8 Å². The van der Waals surface area contributed by atoms with Gasteiger partial charge in [-0.15, -0.1) is 5.10 Å². The van der Waals surface area contributed by atoms with Crippen LogP contribution in [0.3, 0.4) is 0 Å². The number of halogens is 1. The molecule has 1 aromatic heterocycles. The number of aromatic nitrogens is 3. The first kappa shape index (κ1) is 14.9. The van der Waals surface area contributed by atoms with E-state index in [1.165, 1.54) is 5.57 Å². The maximum Gasteiger partial charge on any atom is 0.209 e. The summed E-state index contributed by atoms with van der Waals surface area (Å²) in [4.78, 5) is 4.46. The van der Waals surface area contributed by atoms with E-state index < -0.39 is 0 Å². The Labute approximate surface area is 127 Å². The van der Waals surface area contributed by atoms with Crippen molar-refractivity contribution in [1.29, 1.82) is 0 Å². The summed E-state index contributed by atoms with van der Waals surface area (Å²) in [6.07, 6.45) is 2.14. The molecule has 0 bridgehead atoms. The fourth-order valence-corrected chi connectivity index (χ4v) is 2.58. The highest BCUT2D eigenvalue weighted by molar-refractivity contribution is 7.99. The number of nitrogens with zero attached hydrogens (tertiary/aromatic N) is 2. The van der Waals surface area contributed by atoms with Crippen LogP contribution in [0.4, 0.5) is 0 Å². The van der Waals surface area contributed by atoms with E-state index in [0.717, 1.165) is 11.3 Å². The molecule has 0 unspecified atom stereocenters. The number of H-pyrrole nitrogens is 1. The monoisotopic (exact) mass is 309 g/mol. The molecule has 2 rings (SSSR count). The van der Waals surface area contributed by atoms with Gasteiger partial charge in [0.15, 0.2) is 5.82 Å². The number of ether oxygens (including phenoxy) is 1. The number of methoxy groups -OCH3 is 1. The van der Waals surface area contributed by atoms with Gasteiger partial charge >= 0.3 is 0 Å². The van der Waals surface area contributed by atoms with E-state index >= 15 is 0 Å². The Morgan fingerprint density at radius 3 is 2.95 bits per heavy atom. The van der Waals surface area contributed by atoms with Crippen LogP contribution in [0.2, 0.25) is 5.02 Å². The number of rotatable bonds is 5. The van der Waals surface area contributed by atoms with Crippen LogP contribution in [-0.4, -0.2) is 28.0 Å². The maximum atomic E-state index is 6.02. The zero-order valence-electron chi connectivity index (χ0n) is 11.6. The van der Waals surface area contributed by atoms with Gasteiger partial charge in [-0.3, -0.25) is 5.10 Å². The lowest BCUT2D eigenvalue weighted by atomic mass is 10.2. The minimum Gasteiger partial charge on any atom is -0.496 e. The van der Waals surface area contributed by atoms with E-state index in [0.29, 0.717) is 21.8 Å². The van der Waals surface area contributed by atoms with Crippen molar-refractivity contribution in [2.75, 3.05) is 12.9 Å². The number of allylic oxidation sites excluding steroid dienone is 1. The third-order valence-corrected chi connectivity index (χ3v) is 3.59. The molecule has 0 spiro atoms. The molecular formula is C14H16ClN3OS. The zero-order valence-corrected chi connectivity index (χ0v) is 13.2. The van der Waals surface area contributed by atoms with E-state index in [9.17, 15) is 0 Å². The SMILES string of the molecule is COc1ccc(Cl)cc1-c1nc(SCC=C(C)C)n[nH]1. The van der Waals surface area contributed by atoms with Gasteiger partial charge in [-0.05, 0) is 32.0 Å². The predicted molar refractivity (Wildman–Crippen MR) is 83.5 cm³/mol. The summed E-state index contributed by atoms with van der Waals surface area (Å²) in [6, 6.07) is 5.41. The summed E-state index contributed by atoms with van der Waals surface area (Å²) < 4.78 is 5.31. The minimum atomic E-state index is 0.635. The van der Waals surface area contributed by atoms with Crippen LogP contribution in [-0.2, 0) is 0 Å². The van der Waals surface area contributed by atoms with Gasteiger partial charge in [0, 0.05) is 10.8 Å². The van der Waals surface area contributed by atoms with E-state index in [1.54, 1.807) is 24.9 Å². The van der Waals surface area contributed by atoms with Gasteiger partial charge < -0.3 is 4.74 Å². The average Bonchev–Trinajstić information content (AvgIpc) is 2.87. The van der Waals surface area contributed by atoms with Gasteiger partial charge in [0.2, 0.25) is 5.16 Å². The quantitative estimate of drug-likeness (QED) is 0.664. The summed E-state index contributed by atoms with van der Waals surface area (Å²) in [5.74, 6) is 2.22. The summed E-state index contributed by atoms with van der Waals surface area (Å²) in [5.41, 5.74) is 2.09. The molecule has 0 aliphatic rings. The second-order valence-corrected chi connectivity index (χ2v) is 5.83. The Hall–Kier alpha value is -1.46. The molecule has 1 aromatic carbocycles. The second kappa shape index (κ2) is 6.81. The molecule has 0 saturated carbocycles. The fourth-order valence-electron chi connectivity index (χ4n) is 1.58. The predicted octanol–water partition coefficient (Wildman–Crippen LogP) is 4.19. The molecule has 0 fully saturated rings. The van der Waals surface area contributed by atoms with Gasteiger partial charge in [0.25, 0.3) is 0 Å². The molecule has 2 aromatic rings. The Bertz CT molecular complexity index is 621. The fraction of sp³-hybridized carbons (Fsp3) is 0.286. The summed E-state index contributed by atoms with van der Waals surface area (Å²) in [5, 5.41) is 8.46. The molecule has 0 amide bonds. The third-order valence-electron chi connectivity index (χ3n) is 2.59. The molecule has 0 radical (unpaired) electrons. The van der Waals surface area contributed by atoms with Crippen molar-refractivity contribution in [1.82, 2.24) is 15.2 Å². The highest BCUT2D eigenvalue weighted by atomic mass is 35.5. The number of hydrogen-bond donors (Lipinski definition) is 1. The lowest BCUT2D eigenvalue weighted by Gasteiger charge is -2.05. The molecule has 6 heteroatoms.